The molecule has 1 aromatic carbocycles. The second kappa shape index (κ2) is 13.5. The van der Waals surface area contributed by atoms with Gasteiger partial charge in [0.1, 0.15) is 23.7 Å². The molecule has 12 N–H and O–H groups in total. The standard InChI is InChI=1S/C16H26N10O2S2.H2S/c1-26(29-28-21)15-12(30(27)23-8-2-7-17)5-4-11(14(15)16(19)24-25-20)10-3-6-13(18)22-9-10;/h3-6,9,23,25H,2,7-8,17,20-21H2,1H3,(H2,18,22)(H2,19,24);1H2. The average molecular weight is 489 g/mol. The molecule has 1 aromatic heterocycles. The monoisotopic (exact) mass is 488 g/mol. The number of rotatable bonds is 11. The zero-order valence-corrected chi connectivity index (χ0v) is 19.5. The van der Waals surface area contributed by atoms with Gasteiger partial charge in [-0.25, -0.2) is 26.5 Å². The Bertz CT molecular complexity index is 856. The zero-order valence-electron chi connectivity index (χ0n) is 16.9. The van der Waals surface area contributed by atoms with Gasteiger partial charge in [0.25, 0.3) is 0 Å². The summed E-state index contributed by atoms with van der Waals surface area (Å²) in [4.78, 5) is 4.57. The van der Waals surface area contributed by atoms with Crippen molar-refractivity contribution in [3.8, 4) is 11.1 Å². The van der Waals surface area contributed by atoms with Gasteiger partial charge in [-0.15, -0.1) is 9.82 Å². The first kappa shape index (κ1) is 27.1. The van der Waals surface area contributed by atoms with Crippen molar-refractivity contribution >= 4 is 54.4 Å². The quantitative estimate of drug-likeness (QED) is 0.0308. The second-order valence-electron chi connectivity index (χ2n) is 5.91. The summed E-state index contributed by atoms with van der Waals surface area (Å²) in [5.41, 5.74) is 21.9. The number of nitrogens with one attached hydrogen (secondary N) is 2. The number of hydrogen-bond donors (Lipinski definition) is 7. The van der Waals surface area contributed by atoms with E-state index in [1.807, 2.05) is 0 Å². The van der Waals surface area contributed by atoms with Crippen LogP contribution in [0, 0.1) is 0 Å². The number of benzene rings is 1. The third-order valence-corrected chi connectivity index (χ3v) is 5.65. The molecule has 0 radical (unpaired) electrons. The normalized spacial score (nSPS) is 12.2. The number of hydrazone groups is 1. The Hall–Kier alpha value is -1.95. The van der Waals surface area contributed by atoms with Crippen LogP contribution in [0.4, 0.5) is 11.5 Å². The van der Waals surface area contributed by atoms with E-state index in [1.54, 1.807) is 41.8 Å². The van der Waals surface area contributed by atoms with Crippen LogP contribution in [-0.4, -0.2) is 35.5 Å². The summed E-state index contributed by atoms with van der Waals surface area (Å²) in [5, 5.41) is 3.91. The lowest BCUT2D eigenvalue weighted by Gasteiger charge is -2.24. The molecular formula is C16H28N10O2S3. The number of pyridine rings is 1. The number of hydrogen-bond acceptors (Lipinski definition) is 12. The highest BCUT2D eigenvalue weighted by atomic mass is 32.2. The molecule has 1 heterocycles. The number of amidine groups is 1. The van der Waals surface area contributed by atoms with Crippen molar-refractivity contribution < 1.29 is 8.84 Å². The SMILES string of the molecule is CN(SON)c1c([S+]([O-])NCCCN)ccc(-c2ccc(N)nc2)c1/C(N)=N/NN.S. The molecule has 0 aliphatic carbocycles. The Kier molecular flexibility index (Phi) is 11.8. The highest BCUT2D eigenvalue weighted by Gasteiger charge is 2.28. The zero-order chi connectivity index (χ0) is 22.1. The number of anilines is 2. The molecule has 0 aliphatic rings. The molecule has 0 saturated carbocycles. The maximum atomic E-state index is 13.0. The Labute approximate surface area is 195 Å². The second-order valence-corrected chi connectivity index (χ2v) is 8.06. The molecule has 31 heavy (non-hydrogen) atoms. The third-order valence-electron chi connectivity index (χ3n) is 3.96. The predicted molar refractivity (Wildman–Crippen MR) is 132 cm³/mol. The summed E-state index contributed by atoms with van der Waals surface area (Å²) in [6.07, 6.45) is 2.27. The Morgan fingerprint density at radius 3 is 2.68 bits per heavy atom. The number of aromatic nitrogens is 1. The van der Waals surface area contributed by atoms with Gasteiger partial charge in [-0.05, 0) is 42.8 Å². The molecule has 172 valence electrons. The van der Waals surface area contributed by atoms with Crippen molar-refractivity contribution in [3.63, 3.8) is 0 Å². The van der Waals surface area contributed by atoms with Gasteiger partial charge in [0.2, 0.25) is 0 Å². The molecule has 2 rings (SSSR count). The van der Waals surface area contributed by atoms with Gasteiger partial charge < -0.3 is 21.8 Å². The average Bonchev–Trinajstić information content (AvgIpc) is 2.73. The van der Waals surface area contributed by atoms with Crippen molar-refractivity contribution in [3.05, 3.63) is 36.0 Å². The van der Waals surface area contributed by atoms with E-state index in [2.05, 4.69) is 20.3 Å². The lowest BCUT2D eigenvalue weighted by Crippen LogP contribution is -2.30. The lowest BCUT2D eigenvalue weighted by atomic mass is 9.98. The van der Waals surface area contributed by atoms with Gasteiger partial charge in [-0.2, -0.15) is 13.5 Å². The fraction of sp³-hybridized carbons (Fsp3) is 0.250. The van der Waals surface area contributed by atoms with E-state index in [-0.39, 0.29) is 19.3 Å². The maximum absolute atomic E-state index is 13.0. The topological polar surface area (TPSA) is 215 Å². The summed E-state index contributed by atoms with van der Waals surface area (Å²) in [7, 11) is 1.69. The highest BCUT2D eigenvalue weighted by molar-refractivity contribution is 7.96. The van der Waals surface area contributed by atoms with E-state index in [0.717, 1.165) is 17.8 Å². The van der Waals surface area contributed by atoms with Crippen LogP contribution in [0.25, 0.3) is 11.1 Å². The first-order valence-corrected chi connectivity index (χ1v) is 10.6. The molecule has 0 aliphatic heterocycles. The van der Waals surface area contributed by atoms with Crippen LogP contribution < -0.4 is 43.5 Å². The summed E-state index contributed by atoms with van der Waals surface area (Å²) in [6.45, 7) is 0.948. The van der Waals surface area contributed by atoms with Crippen LogP contribution in [0.15, 0.2) is 40.5 Å². The minimum Gasteiger partial charge on any atom is -0.593 e. The van der Waals surface area contributed by atoms with E-state index < -0.39 is 11.4 Å². The van der Waals surface area contributed by atoms with E-state index in [4.69, 9.17) is 33.2 Å². The largest absolute Gasteiger partial charge is 0.593 e. The molecule has 2 aromatic rings. The fourth-order valence-corrected chi connectivity index (χ4v) is 4.21. The van der Waals surface area contributed by atoms with E-state index in [9.17, 15) is 4.55 Å². The maximum Gasteiger partial charge on any atom is 0.198 e. The molecule has 0 saturated heterocycles. The minimum absolute atomic E-state index is 0. The molecular weight excluding hydrogens is 460 g/mol. The first-order valence-electron chi connectivity index (χ1n) is 8.75. The molecule has 1 atom stereocenters. The predicted octanol–water partition coefficient (Wildman–Crippen LogP) is -0.622. The van der Waals surface area contributed by atoms with E-state index in [1.165, 1.54) is 0 Å². The number of nitrogens with two attached hydrogens (primary N) is 5. The van der Waals surface area contributed by atoms with Crippen molar-refractivity contribution in [1.82, 2.24) is 15.2 Å². The van der Waals surface area contributed by atoms with Crippen LogP contribution in [0.1, 0.15) is 12.0 Å². The Morgan fingerprint density at radius 2 is 2.10 bits per heavy atom. The van der Waals surface area contributed by atoms with Crippen LogP contribution in [0.2, 0.25) is 0 Å². The smallest absolute Gasteiger partial charge is 0.198 e. The van der Waals surface area contributed by atoms with Crippen molar-refractivity contribution in [2.45, 2.75) is 11.3 Å². The van der Waals surface area contributed by atoms with Crippen LogP contribution >= 0.6 is 25.7 Å². The van der Waals surface area contributed by atoms with Crippen molar-refractivity contribution in [1.29, 1.82) is 0 Å². The van der Waals surface area contributed by atoms with E-state index >= 15 is 0 Å². The van der Waals surface area contributed by atoms with Gasteiger partial charge in [0.15, 0.2) is 10.7 Å². The molecule has 12 nitrogen and oxygen atoms in total. The van der Waals surface area contributed by atoms with Crippen LogP contribution in [-0.2, 0) is 15.6 Å². The van der Waals surface area contributed by atoms with E-state index in [0.29, 0.717) is 47.0 Å². The fourth-order valence-electron chi connectivity index (χ4n) is 2.67. The Balaban J connectivity index is 0.00000480. The molecule has 15 heteroatoms. The molecule has 1 unspecified atom stereocenters. The van der Waals surface area contributed by atoms with Gasteiger partial charge >= 0.3 is 0 Å². The van der Waals surface area contributed by atoms with Crippen molar-refractivity contribution in [2.75, 3.05) is 30.2 Å². The van der Waals surface area contributed by atoms with Crippen molar-refractivity contribution in [2.24, 2.45) is 28.3 Å². The molecule has 0 amide bonds. The summed E-state index contributed by atoms with van der Waals surface area (Å²) in [5.74, 6) is 11.0. The highest BCUT2D eigenvalue weighted by Crippen LogP contribution is 2.38. The summed E-state index contributed by atoms with van der Waals surface area (Å²) >= 11 is -0.743. The Morgan fingerprint density at radius 1 is 1.35 bits per heavy atom. The molecule has 0 spiro atoms. The van der Waals surface area contributed by atoms with Crippen LogP contribution in [0.5, 0.6) is 0 Å². The van der Waals surface area contributed by atoms with Gasteiger partial charge in [0.05, 0.1) is 16.9 Å². The summed E-state index contributed by atoms with van der Waals surface area (Å²) < 4.78 is 22.2. The van der Waals surface area contributed by atoms with Gasteiger partial charge in [-0.1, -0.05) is 0 Å². The first-order chi connectivity index (χ1) is 14.4. The molecule has 0 bridgehead atoms. The van der Waals surface area contributed by atoms with Gasteiger partial charge in [-0.3, -0.25) is 4.31 Å². The number of nitrogen functional groups attached to an aromatic ring is 1. The van der Waals surface area contributed by atoms with Gasteiger partial charge in [0, 0.05) is 25.4 Å². The number of hydrazine groups is 1. The number of nitrogens with zero attached hydrogens (tertiary/aromatic N) is 3. The summed E-state index contributed by atoms with van der Waals surface area (Å²) in [6, 6.07) is 6.93. The van der Waals surface area contributed by atoms with Crippen LogP contribution in [0.3, 0.4) is 0 Å². The minimum atomic E-state index is -1.57. The lowest BCUT2D eigenvalue weighted by molar-refractivity contribution is 0.397. The third kappa shape index (κ3) is 7.03. The molecule has 0 fully saturated rings.